The number of H-pyrrole nitrogens is 1. The Morgan fingerprint density at radius 1 is 0.914 bits per heavy atom. The molecule has 1 amide bonds. The minimum absolute atomic E-state index is 0.0889. The number of nitrogens with one attached hydrogen (secondary N) is 1. The Labute approximate surface area is 206 Å². The summed E-state index contributed by atoms with van der Waals surface area (Å²) in [5, 5.41) is 11.7. The molecule has 0 radical (unpaired) electrons. The molecule has 0 saturated heterocycles. The van der Waals surface area contributed by atoms with Crippen LogP contribution in [0.3, 0.4) is 0 Å². The number of benzene rings is 3. The second-order valence-corrected chi connectivity index (χ2v) is 8.79. The number of aliphatic imine (C=N–C) groups is 1. The molecule has 6 nitrogen and oxygen atoms in total. The van der Waals surface area contributed by atoms with Crippen molar-refractivity contribution in [3.63, 3.8) is 0 Å². The van der Waals surface area contributed by atoms with E-state index in [4.69, 9.17) is 4.99 Å². The Kier molecular flexibility index (Phi) is 7.63. The quantitative estimate of drug-likeness (QED) is 0.308. The maximum atomic E-state index is 12.6. The summed E-state index contributed by atoms with van der Waals surface area (Å²) in [4.78, 5) is 24.6. The van der Waals surface area contributed by atoms with E-state index in [-0.39, 0.29) is 11.8 Å². The zero-order valence-corrected chi connectivity index (χ0v) is 20.5. The number of carbonyl (C=O) groups excluding carboxylic acids is 1. The second-order valence-electron chi connectivity index (χ2n) is 8.79. The number of carbonyl (C=O) groups is 1. The van der Waals surface area contributed by atoms with Gasteiger partial charge < -0.3 is 19.9 Å². The van der Waals surface area contributed by atoms with Crippen molar-refractivity contribution >= 4 is 33.9 Å². The Bertz CT molecular complexity index is 1310. The lowest BCUT2D eigenvalue weighted by Crippen LogP contribution is -2.32. The fourth-order valence-electron chi connectivity index (χ4n) is 4.20. The molecule has 4 rings (SSSR count). The summed E-state index contributed by atoms with van der Waals surface area (Å²) < 4.78 is 0. The molecule has 3 aromatic carbocycles. The highest BCUT2D eigenvalue weighted by Gasteiger charge is 2.19. The van der Waals surface area contributed by atoms with Gasteiger partial charge in [0, 0.05) is 35.1 Å². The summed E-state index contributed by atoms with van der Waals surface area (Å²) in [6.45, 7) is 3.48. The smallest absolute Gasteiger partial charge is 0.226 e. The fraction of sp³-hybridized carbons (Fsp3) is 0.241. The zero-order valence-electron chi connectivity index (χ0n) is 20.5. The highest BCUT2D eigenvalue weighted by atomic mass is 16.3. The molecule has 0 atom stereocenters. The maximum Gasteiger partial charge on any atom is 0.226 e. The van der Waals surface area contributed by atoms with Crippen molar-refractivity contribution in [1.82, 2.24) is 9.88 Å². The lowest BCUT2D eigenvalue weighted by molar-refractivity contribution is -0.118. The monoisotopic (exact) mass is 468 g/mol. The van der Waals surface area contributed by atoms with Crippen molar-refractivity contribution in [3.8, 4) is 5.88 Å². The first-order valence-corrected chi connectivity index (χ1v) is 12.0. The van der Waals surface area contributed by atoms with E-state index in [2.05, 4.69) is 9.88 Å². The van der Waals surface area contributed by atoms with Crippen molar-refractivity contribution in [2.75, 3.05) is 32.1 Å². The van der Waals surface area contributed by atoms with Gasteiger partial charge in [-0.2, -0.15) is 0 Å². The second kappa shape index (κ2) is 11.0. The van der Waals surface area contributed by atoms with Crippen LogP contribution in [0.1, 0.15) is 30.9 Å². The highest BCUT2D eigenvalue weighted by molar-refractivity contribution is 6.21. The number of rotatable bonds is 9. The third-order valence-electron chi connectivity index (χ3n) is 5.96. The van der Waals surface area contributed by atoms with E-state index in [1.165, 1.54) is 0 Å². The first kappa shape index (κ1) is 24.2. The van der Waals surface area contributed by atoms with Crippen LogP contribution in [-0.2, 0) is 4.79 Å². The van der Waals surface area contributed by atoms with Gasteiger partial charge in [0.25, 0.3) is 0 Å². The number of aromatic hydroxyl groups is 1. The van der Waals surface area contributed by atoms with Crippen LogP contribution in [0.25, 0.3) is 10.9 Å². The van der Waals surface area contributed by atoms with Crippen molar-refractivity contribution in [2.24, 2.45) is 4.99 Å². The molecular weight excluding hydrogens is 436 g/mol. The predicted octanol–water partition coefficient (Wildman–Crippen LogP) is 5.74. The lowest BCUT2D eigenvalue weighted by Gasteiger charge is -2.23. The molecule has 4 aromatic rings. The van der Waals surface area contributed by atoms with Gasteiger partial charge in [-0.25, -0.2) is 4.99 Å². The predicted molar refractivity (Wildman–Crippen MR) is 144 cm³/mol. The molecule has 0 aliphatic carbocycles. The molecule has 0 bridgehead atoms. The number of para-hydroxylation sites is 1. The van der Waals surface area contributed by atoms with Crippen LogP contribution in [0.15, 0.2) is 83.9 Å². The van der Waals surface area contributed by atoms with Gasteiger partial charge >= 0.3 is 0 Å². The third kappa shape index (κ3) is 5.61. The van der Waals surface area contributed by atoms with Gasteiger partial charge in [0.15, 0.2) is 5.88 Å². The van der Waals surface area contributed by atoms with Gasteiger partial charge in [0.2, 0.25) is 5.91 Å². The topological polar surface area (TPSA) is 71.9 Å². The third-order valence-corrected chi connectivity index (χ3v) is 5.96. The standard InChI is InChI=1S/C29H32N4O2/c1-4-26(34)33(20-10-19-32(2)3)23-17-15-22(16-18-23)30-28(21-11-6-5-7-12-21)27-24-13-8-9-14-25(24)31-29(27)35/h5-9,11-18,31,35H,4,10,19-20H2,1-3H3. The van der Waals surface area contributed by atoms with E-state index in [0.29, 0.717) is 24.2 Å². The van der Waals surface area contributed by atoms with Gasteiger partial charge in [0.05, 0.1) is 17.0 Å². The molecule has 180 valence electrons. The first-order chi connectivity index (χ1) is 17.0. The van der Waals surface area contributed by atoms with Crippen molar-refractivity contribution in [3.05, 3.63) is 90.0 Å². The van der Waals surface area contributed by atoms with E-state index in [9.17, 15) is 9.90 Å². The summed E-state index contributed by atoms with van der Waals surface area (Å²) in [6, 6.07) is 25.4. The van der Waals surface area contributed by atoms with Crippen molar-refractivity contribution in [2.45, 2.75) is 19.8 Å². The zero-order chi connectivity index (χ0) is 24.8. The molecule has 0 fully saturated rings. The Balaban J connectivity index is 1.72. The van der Waals surface area contributed by atoms with Gasteiger partial charge in [-0.1, -0.05) is 55.5 Å². The van der Waals surface area contributed by atoms with Gasteiger partial charge in [-0.05, 0) is 57.4 Å². The Morgan fingerprint density at radius 2 is 1.60 bits per heavy atom. The summed E-state index contributed by atoms with van der Waals surface area (Å²) >= 11 is 0. The van der Waals surface area contributed by atoms with Crippen LogP contribution in [-0.4, -0.2) is 53.8 Å². The lowest BCUT2D eigenvalue weighted by atomic mass is 10.0. The summed E-state index contributed by atoms with van der Waals surface area (Å²) in [7, 11) is 4.07. The number of hydrogen-bond donors (Lipinski definition) is 2. The maximum absolute atomic E-state index is 12.6. The van der Waals surface area contributed by atoms with Crippen LogP contribution in [0.5, 0.6) is 5.88 Å². The van der Waals surface area contributed by atoms with Crippen LogP contribution in [0.4, 0.5) is 11.4 Å². The van der Waals surface area contributed by atoms with Crippen LogP contribution in [0.2, 0.25) is 0 Å². The van der Waals surface area contributed by atoms with Gasteiger partial charge in [-0.3, -0.25) is 4.79 Å². The van der Waals surface area contributed by atoms with E-state index in [0.717, 1.165) is 40.8 Å². The summed E-state index contributed by atoms with van der Waals surface area (Å²) in [5.41, 5.74) is 4.72. The molecule has 0 spiro atoms. The first-order valence-electron chi connectivity index (χ1n) is 12.0. The van der Waals surface area contributed by atoms with Gasteiger partial charge in [0.1, 0.15) is 0 Å². The van der Waals surface area contributed by atoms with Crippen molar-refractivity contribution < 1.29 is 9.90 Å². The van der Waals surface area contributed by atoms with Crippen LogP contribution >= 0.6 is 0 Å². The number of aromatic nitrogens is 1. The average Bonchev–Trinajstić information content (AvgIpc) is 3.21. The largest absolute Gasteiger partial charge is 0.494 e. The van der Waals surface area contributed by atoms with E-state index >= 15 is 0 Å². The average molecular weight is 469 g/mol. The molecule has 2 N–H and O–H groups in total. The highest BCUT2D eigenvalue weighted by Crippen LogP contribution is 2.32. The molecule has 0 aliphatic heterocycles. The fourth-order valence-corrected chi connectivity index (χ4v) is 4.20. The molecule has 0 unspecified atom stereocenters. The number of nitrogens with zero attached hydrogens (tertiary/aromatic N) is 3. The minimum atomic E-state index is 0.0889. The molecule has 1 aromatic heterocycles. The van der Waals surface area contributed by atoms with Crippen LogP contribution < -0.4 is 4.90 Å². The number of hydrogen-bond acceptors (Lipinski definition) is 4. The minimum Gasteiger partial charge on any atom is -0.494 e. The number of aromatic amines is 1. The molecule has 35 heavy (non-hydrogen) atoms. The van der Waals surface area contributed by atoms with E-state index in [1.807, 2.05) is 105 Å². The van der Waals surface area contributed by atoms with E-state index in [1.54, 1.807) is 0 Å². The molecule has 0 aliphatic rings. The molecule has 1 heterocycles. The number of amides is 1. The Hall–Kier alpha value is -3.90. The summed E-state index contributed by atoms with van der Waals surface area (Å²) in [5.74, 6) is 0.194. The molecular formula is C29H32N4O2. The van der Waals surface area contributed by atoms with Gasteiger partial charge in [-0.15, -0.1) is 0 Å². The van der Waals surface area contributed by atoms with Crippen molar-refractivity contribution in [1.29, 1.82) is 0 Å². The molecule has 0 saturated carbocycles. The normalized spacial score (nSPS) is 11.8. The molecule has 6 heteroatoms. The van der Waals surface area contributed by atoms with E-state index < -0.39 is 0 Å². The number of anilines is 1. The Morgan fingerprint density at radius 3 is 2.29 bits per heavy atom. The number of fused-ring (bicyclic) bond motifs is 1. The van der Waals surface area contributed by atoms with Crippen LogP contribution in [0, 0.1) is 0 Å². The SMILES string of the molecule is CCC(=O)N(CCCN(C)C)c1ccc(N=C(c2ccccc2)c2c(O)[nH]c3ccccc23)cc1. The summed E-state index contributed by atoms with van der Waals surface area (Å²) in [6.07, 6.45) is 1.36.